The molecule has 128 valence electrons. The summed E-state index contributed by atoms with van der Waals surface area (Å²) in [7, 11) is 1.68. The normalized spacial score (nSPS) is 16.8. The Labute approximate surface area is 142 Å². The maximum atomic E-state index is 12.6. The largest absolute Gasteiger partial charge is 0.497 e. The highest BCUT2D eigenvalue weighted by Crippen LogP contribution is 2.24. The molecular formula is C18H24N4O2. The van der Waals surface area contributed by atoms with E-state index in [0.29, 0.717) is 5.92 Å². The van der Waals surface area contributed by atoms with Crippen LogP contribution in [-0.4, -0.2) is 45.8 Å². The van der Waals surface area contributed by atoms with Crippen LogP contribution >= 0.6 is 0 Å². The van der Waals surface area contributed by atoms with E-state index in [1.165, 1.54) is 11.9 Å². The van der Waals surface area contributed by atoms with Crippen molar-refractivity contribution in [3.8, 4) is 5.75 Å². The number of benzene rings is 1. The number of carbonyl (C=O) groups is 1. The molecule has 0 N–H and O–H groups in total. The number of methoxy groups -OCH3 is 1. The van der Waals surface area contributed by atoms with Gasteiger partial charge in [0.25, 0.3) is 0 Å². The summed E-state index contributed by atoms with van der Waals surface area (Å²) in [4.78, 5) is 18.4. The molecule has 1 amide bonds. The summed E-state index contributed by atoms with van der Waals surface area (Å²) in [5.41, 5.74) is 1.33. The minimum absolute atomic E-state index is 0.128. The number of ether oxygens (including phenoxy) is 1. The van der Waals surface area contributed by atoms with Crippen LogP contribution in [0.25, 0.3) is 0 Å². The van der Waals surface area contributed by atoms with Gasteiger partial charge in [0.1, 0.15) is 24.4 Å². The molecule has 6 nitrogen and oxygen atoms in total. The number of hydrogen-bond acceptors (Lipinski definition) is 4. The lowest BCUT2D eigenvalue weighted by Crippen LogP contribution is -2.42. The average molecular weight is 328 g/mol. The second kappa shape index (κ2) is 7.47. The summed E-state index contributed by atoms with van der Waals surface area (Å²) in [6.45, 7) is 3.51. The van der Waals surface area contributed by atoms with E-state index in [2.05, 4.69) is 22.2 Å². The van der Waals surface area contributed by atoms with Crippen molar-refractivity contribution in [1.29, 1.82) is 0 Å². The smallest absolute Gasteiger partial charge is 0.247 e. The van der Waals surface area contributed by atoms with E-state index in [4.69, 9.17) is 4.74 Å². The van der Waals surface area contributed by atoms with Crippen LogP contribution in [0.5, 0.6) is 5.75 Å². The molecule has 1 aliphatic heterocycles. The quantitative estimate of drug-likeness (QED) is 0.845. The molecule has 0 saturated carbocycles. The number of piperidine rings is 1. The summed E-state index contributed by atoms with van der Waals surface area (Å²) in [6.07, 6.45) is 6.21. The monoisotopic (exact) mass is 328 g/mol. The van der Waals surface area contributed by atoms with Crippen molar-refractivity contribution in [2.24, 2.45) is 5.92 Å². The van der Waals surface area contributed by atoms with Gasteiger partial charge < -0.3 is 9.64 Å². The zero-order valence-corrected chi connectivity index (χ0v) is 14.3. The number of carbonyl (C=O) groups excluding carboxylic acids is 1. The third-order valence-electron chi connectivity index (χ3n) is 4.80. The van der Waals surface area contributed by atoms with E-state index >= 15 is 0 Å². The van der Waals surface area contributed by atoms with E-state index in [-0.39, 0.29) is 11.9 Å². The fraction of sp³-hybridized carbons (Fsp3) is 0.500. The van der Waals surface area contributed by atoms with Gasteiger partial charge in [0.05, 0.1) is 7.11 Å². The molecule has 0 spiro atoms. The molecule has 3 rings (SSSR count). The van der Waals surface area contributed by atoms with Gasteiger partial charge in [0.15, 0.2) is 0 Å². The second-order valence-electron chi connectivity index (χ2n) is 6.37. The van der Waals surface area contributed by atoms with Gasteiger partial charge >= 0.3 is 0 Å². The Balaban J connectivity index is 1.50. The van der Waals surface area contributed by atoms with Gasteiger partial charge in [-0.25, -0.2) is 9.67 Å². The number of aromatic nitrogens is 3. The Morgan fingerprint density at radius 1 is 1.29 bits per heavy atom. The highest BCUT2D eigenvalue weighted by atomic mass is 16.5. The zero-order chi connectivity index (χ0) is 16.9. The second-order valence-corrected chi connectivity index (χ2v) is 6.37. The van der Waals surface area contributed by atoms with Crippen LogP contribution in [-0.2, 0) is 11.2 Å². The van der Waals surface area contributed by atoms with Crippen LogP contribution in [0.2, 0.25) is 0 Å². The van der Waals surface area contributed by atoms with E-state index in [0.717, 1.165) is 38.1 Å². The third kappa shape index (κ3) is 3.75. The zero-order valence-electron chi connectivity index (χ0n) is 14.3. The van der Waals surface area contributed by atoms with Gasteiger partial charge in [-0.3, -0.25) is 4.79 Å². The Morgan fingerprint density at radius 2 is 2.00 bits per heavy atom. The van der Waals surface area contributed by atoms with Crippen molar-refractivity contribution in [2.75, 3.05) is 20.2 Å². The molecule has 1 saturated heterocycles. The van der Waals surface area contributed by atoms with Crippen molar-refractivity contribution in [3.63, 3.8) is 0 Å². The number of rotatable bonds is 5. The predicted octanol–water partition coefficient (Wildman–Crippen LogP) is 2.33. The number of likely N-dealkylation sites (tertiary alicyclic amines) is 1. The summed E-state index contributed by atoms with van der Waals surface area (Å²) < 4.78 is 6.81. The molecule has 1 aromatic heterocycles. The lowest BCUT2D eigenvalue weighted by molar-refractivity contribution is -0.136. The topological polar surface area (TPSA) is 60.2 Å². The average Bonchev–Trinajstić information content (AvgIpc) is 3.16. The van der Waals surface area contributed by atoms with E-state index in [9.17, 15) is 4.79 Å². The van der Waals surface area contributed by atoms with Crippen LogP contribution in [0.15, 0.2) is 36.9 Å². The maximum absolute atomic E-state index is 12.6. The third-order valence-corrected chi connectivity index (χ3v) is 4.80. The summed E-state index contributed by atoms with van der Waals surface area (Å²) in [5, 5.41) is 4.06. The molecule has 1 atom stereocenters. The van der Waals surface area contributed by atoms with Crippen LogP contribution in [0.4, 0.5) is 0 Å². The van der Waals surface area contributed by atoms with Crippen molar-refractivity contribution in [2.45, 2.75) is 32.2 Å². The summed E-state index contributed by atoms with van der Waals surface area (Å²) in [5.74, 6) is 1.65. The summed E-state index contributed by atoms with van der Waals surface area (Å²) in [6, 6.07) is 7.99. The molecule has 24 heavy (non-hydrogen) atoms. The Morgan fingerprint density at radius 3 is 2.58 bits per heavy atom. The predicted molar refractivity (Wildman–Crippen MR) is 90.7 cm³/mol. The lowest BCUT2D eigenvalue weighted by Gasteiger charge is -2.33. The molecule has 2 aromatic rings. The van der Waals surface area contributed by atoms with E-state index < -0.39 is 0 Å². The highest BCUT2D eigenvalue weighted by molar-refractivity contribution is 5.80. The van der Waals surface area contributed by atoms with Crippen molar-refractivity contribution < 1.29 is 9.53 Å². The van der Waals surface area contributed by atoms with Crippen molar-refractivity contribution >= 4 is 5.91 Å². The van der Waals surface area contributed by atoms with Gasteiger partial charge in [-0.2, -0.15) is 5.10 Å². The molecule has 1 aromatic carbocycles. The van der Waals surface area contributed by atoms with Crippen LogP contribution in [0, 0.1) is 5.92 Å². The molecule has 0 radical (unpaired) electrons. The number of nitrogens with zero attached hydrogens (tertiary/aromatic N) is 4. The molecule has 2 heterocycles. The first-order chi connectivity index (χ1) is 11.7. The highest BCUT2D eigenvalue weighted by Gasteiger charge is 2.27. The van der Waals surface area contributed by atoms with E-state index in [1.807, 2.05) is 24.0 Å². The van der Waals surface area contributed by atoms with Crippen molar-refractivity contribution in [3.05, 3.63) is 42.5 Å². The van der Waals surface area contributed by atoms with E-state index in [1.54, 1.807) is 18.1 Å². The Bertz CT molecular complexity index is 646. The van der Waals surface area contributed by atoms with Gasteiger partial charge in [-0.05, 0) is 49.8 Å². The first-order valence-electron chi connectivity index (χ1n) is 8.43. The minimum Gasteiger partial charge on any atom is -0.497 e. The van der Waals surface area contributed by atoms with Crippen LogP contribution in [0.3, 0.4) is 0 Å². The van der Waals surface area contributed by atoms with Gasteiger partial charge in [0.2, 0.25) is 5.91 Å². The molecule has 1 fully saturated rings. The molecule has 0 aliphatic carbocycles. The Kier molecular flexibility index (Phi) is 5.13. The maximum Gasteiger partial charge on any atom is 0.247 e. The molecule has 6 heteroatoms. The standard InChI is InChI=1S/C18H24N4O2/c1-14(22-13-19-12-20-22)18(23)21-9-7-16(8-10-21)11-15-3-5-17(24-2)6-4-15/h3-6,12-14,16H,7-11H2,1-2H3/t14-/m1/s1. The van der Waals surface area contributed by atoms with Crippen LogP contribution in [0.1, 0.15) is 31.4 Å². The molecular weight excluding hydrogens is 304 g/mol. The number of hydrogen-bond donors (Lipinski definition) is 0. The SMILES string of the molecule is COc1ccc(CC2CCN(C(=O)[C@@H](C)n3cncn3)CC2)cc1. The fourth-order valence-corrected chi connectivity index (χ4v) is 3.25. The van der Waals surface area contributed by atoms with Gasteiger partial charge in [-0.15, -0.1) is 0 Å². The van der Waals surface area contributed by atoms with Crippen LogP contribution < -0.4 is 4.74 Å². The first kappa shape index (κ1) is 16.5. The first-order valence-corrected chi connectivity index (χ1v) is 8.43. The number of amides is 1. The molecule has 0 bridgehead atoms. The van der Waals surface area contributed by atoms with Crippen molar-refractivity contribution in [1.82, 2.24) is 19.7 Å². The molecule has 1 aliphatic rings. The molecule has 0 unspecified atom stereocenters. The minimum atomic E-state index is -0.286. The van der Waals surface area contributed by atoms with Gasteiger partial charge in [-0.1, -0.05) is 12.1 Å². The Hall–Kier alpha value is -2.37. The fourth-order valence-electron chi connectivity index (χ4n) is 3.25. The van der Waals surface area contributed by atoms with Gasteiger partial charge in [0, 0.05) is 13.1 Å². The summed E-state index contributed by atoms with van der Waals surface area (Å²) >= 11 is 0. The lowest BCUT2D eigenvalue weighted by atomic mass is 9.90.